The van der Waals surface area contributed by atoms with Crippen LogP contribution in [0.1, 0.15) is 35.4 Å². The molecule has 4 nitrogen and oxygen atoms in total. The summed E-state index contributed by atoms with van der Waals surface area (Å²) in [6.45, 7) is 4.84. The van der Waals surface area contributed by atoms with E-state index in [1.54, 1.807) is 0 Å². The van der Waals surface area contributed by atoms with Crippen molar-refractivity contribution in [2.45, 2.75) is 26.2 Å². The summed E-state index contributed by atoms with van der Waals surface area (Å²) < 4.78 is 5.68. The molecule has 1 aliphatic heterocycles. The fraction of sp³-hybridized carbons (Fsp3) is 0.471. The van der Waals surface area contributed by atoms with Crippen molar-refractivity contribution in [3.05, 3.63) is 35.6 Å². The maximum atomic E-state index is 12.3. The van der Waals surface area contributed by atoms with Crippen LogP contribution >= 0.6 is 12.4 Å². The van der Waals surface area contributed by atoms with Crippen LogP contribution in [0.25, 0.3) is 11.0 Å². The molecular formula is C17H23ClN2O2. The highest BCUT2D eigenvalue weighted by atomic mass is 35.5. The normalized spacial score (nSPS) is 18.0. The molecule has 1 aromatic heterocycles. The molecule has 0 aliphatic carbocycles. The highest BCUT2D eigenvalue weighted by Gasteiger charge is 2.18. The second kappa shape index (κ2) is 7.65. The molecule has 0 radical (unpaired) electrons. The third kappa shape index (κ3) is 3.62. The first-order chi connectivity index (χ1) is 10.3. The van der Waals surface area contributed by atoms with Gasteiger partial charge in [-0.15, -0.1) is 12.4 Å². The lowest BCUT2D eigenvalue weighted by Gasteiger charge is -2.22. The third-order valence-corrected chi connectivity index (χ3v) is 4.29. The van der Waals surface area contributed by atoms with Gasteiger partial charge in [0, 0.05) is 17.5 Å². The standard InChI is InChI=1S/C17H22N2O2.ClH/c1-12-14-6-2-3-7-15(14)21-16(12)17(20)19-10-8-13-5-4-9-18-11-13;/h2-3,6-7,13,18H,4-5,8-11H2,1H3,(H,19,20);1H. The van der Waals surface area contributed by atoms with Gasteiger partial charge in [-0.2, -0.15) is 0 Å². The molecule has 0 spiro atoms. The van der Waals surface area contributed by atoms with Gasteiger partial charge in [0.05, 0.1) is 0 Å². The van der Waals surface area contributed by atoms with E-state index >= 15 is 0 Å². The van der Waals surface area contributed by atoms with E-state index in [0.717, 1.165) is 36.0 Å². The zero-order valence-corrected chi connectivity index (χ0v) is 13.7. The van der Waals surface area contributed by atoms with E-state index in [1.165, 1.54) is 12.8 Å². The van der Waals surface area contributed by atoms with Crippen molar-refractivity contribution in [3.63, 3.8) is 0 Å². The van der Waals surface area contributed by atoms with Crippen molar-refractivity contribution in [2.75, 3.05) is 19.6 Å². The Morgan fingerprint density at radius 2 is 2.23 bits per heavy atom. The van der Waals surface area contributed by atoms with Gasteiger partial charge >= 0.3 is 0 Å². The van der Waals surface area contributed by atoms with Crippen molar-refractivity contribution in [3.8, 4) is 0 Å². The highest BCUT2D eigenvalue weighted by molar-refractivity contribution is 5.98. The summed E-state index contributed by atoms with van der Waals surface area (Å²) >= 11 is 0. The number of rotatable bonds is 4. The summed E-state index contributed by atoms with van der Waals surface area (Å²) in [5.41, 5.74) is 1.69. The largest absolute Gasteiger partial charge is 0.451 e. The molecule has 2 aromatic rings. The minimum Gasteiger partial charge on any atom is -0.451 e. The molecule has 1 amide bonds. The average Bonchev–Trinajstić information content (AvgIpc) is 2.86. The summed E-state index contributed by atoms with van der Waals surface area (Å²) in [5, 5.41) is 7.40. The smallest absolute Gasteiger partial charge is 0.287 e. The number of fused-ring (bicyclic) bond motifs is 1. The van der Waals surface area contributed by atoms with E-state index in [2.05, 4.69) is 10.6 Å². The van der Waals surface area contributed by atoms with Crippen LogP contribution in [0.5, 0.6) is 0 Å². The number of carbonyl (C=O) groups excluding carboxylic acids is 1. The van der Waals surface area contributed by atoms with Crippen LogP contribution in [0.3, 0.4) is 0 Å². The zero-order chi connectivity index (χ0) is 14.7. The van der Waals surface area contributed by atoms with Gasteiger partial charge in [0.1, 0.15) is 5.58 Å². The van der Waals surface area contributed by atoms with Crippen LogP contribution in [0.2, 0.25) is 0 Å². The number of benzene rings is 1. The number of carbonyl (C=O) groups is 1. The minimum atomic E-state index is -0.104. The number of hydrogen-bond acceptors (Lipinski definition) is 3. The van der Waals surface area contributed by atoms with E-state index in [-0.39, 0.29) is 18.3 Å². The van der Waals surface area contributed by atoms with Gasteiger partial charge in [-0.3, -0.25) is 4.79 Å². The van der Waals surface area contributed by atoms with Crippen LogP contribution in [0, 0.1) is 12.8 Å². The number of furan rings is 1. The molecule has 1 aliphatic rings. The maximum absolute atomic E-state index is 12.3. The van der Waals surface area contributed by atoms with Gasteiger partial charge < -0.3 is 15.1 Å². The summed E-state index contributed by atoms with van der Waals surface area (Å²) in [4.78, 5) is 12.3. The van der Waals surface area contributed by atoms with Gasteiger partial charge in [0.2, 0.25) is 0 Å². The average molecular weight is 323 g/mol. The molecule has 1 fully saturated rings. The first-order valence-electron chi connectivity index (χ1n) is 7.73. The fourth-order valence-corrected chi connectivity index (χ4v) is 3.03. The number of nitrogens with one attached hydrogen (secondary N) is 2. The summed E-state index contributed by atoms with van der Waals surface area (Å²) in [6.07, 6.45) is 3.52. The van der Waals surface area contributed by atoms with Crippen LogP contribution in [0.15, 0.2) is 28.7 Å². The summed E-state index contributed by atoms with van der Waals surface area (Å²) in [7, 11) is 0. The van der Waals surface area contributed by atoms with E-state index in [9.17, 15) is 4.79 Å². The van der Waals surface area contributed by atoms with Crippen molar-refractivity contribution in [1.29, 1.82) is 0 Å². The lowest BCUT2D eigenvalue weighted by Crippen LogP contribution is -2.33. The molecule has 1 aromatic carbocycles. The van der Waals surface area contributed by atoms with Gasteiger partial charge in [0.25, 0.3) is 5.91 Å². The van der Waals surface area contributed by atoms with Crippen molar-refractivity contribution in [2.24, 2.45) is 5.92 Å². The number of para-hydroxylation sites is 1. The van der Waals surface area contributed by atoms with Crippen molar-refractivity contribution >= 4 is 29.3 Å². The molecule has 5 heteroatoms. The van der Waals surface area contributed by atoms with Gasteiger partial charge in [-0.05, 0) is 51.3 Å². The number of amides is 1. The van der Waals surface area contributed by atoms with E-state index < -0.39 is 0 Å². The topological polar surface area (TPSA) is 54.3 Å². The number of halogens is 1. The molecule has 1 unspecified atom stereocenters. The molecule has 120 valence electrons. The Labute approximate surface area is 137 Å². The van der Waals surface area contributed by atoms with E-state index in [1.807, 2.05) is 31.2 Å². The molecule has 2 N–H and O–H groups in total. The molecule has 1 saturated heterocycles. The number of piperidine rings is 1. The lowest BCUT2D eigenvalue weighted by molar-refractivity contribution is 0.0924. The molecule has 2 heterocycles. The van der Waals surface area contributed by atoms with Crippen molar-refractivity contribution in [1.82, 2.24) is 10.6 Å². The highest BCUT2D eigenvalue weighted by Crippen LogP contribution is 2.24. The predicted molar refractivity (Wildman–Crippen MR) is 90.7 cm³/mol. The minimum absolute atomic E-state index is 0. The first-order valence-corrected chi connectivity index (χ1v) is 7.73. The van der Waals surface area contributed by atoms with E-state index in [4.69, 9.17) is 4.42 Å². The Morgan fingerprint density at radius 3 is 2.95 bits per heavy atom. The van der Waals surface area contributed by atoms with Crippen molar-refractivity contribution < 1.29 is 9.21 Å². The first kappa shape index (κ1) is 16.8. The molecule has 3 rings (SSSR count). The Hall–Kier alpha value is -1.52. The zero-order valence-electron chi connectivity index (χ0n) is 12.9. The molecule has 22 heavy (non-hydrogen) atoms. The Bertz CT molecular complexity index is 633. The molecule has 1 atom stereocenters. The number of hydrogen-bond donors (Lipinski definition) is 2. The second-order valence-electron chi connectivity index (χ2n) is 5.81. The fourth-order valence-electron chi connectivity index (χ4n) is 3.03. The second-order valence-corrected chi connectivity index (χ2v) is 5.81. The monoisotopic (exact) mass is 322 g/mol. The SMILES string of the molecule is Cc1c(C(=O)NCCC2CCCNC2)oc2ccccc12.Cl. The number of aryl methyl sites for hydroxylation is 1. The third-order valence-electron chi connectivity index (χ3n) is 4.29. The summed E-state index contributed by atoms with van der Waals surface area (Å²) in [6, 6.07) is 7.76. The molecular weight excluding hydrogens is 300 g/mol. The lowest BCUT2D eigenvalue weighted by atomic mass is 9.96. The Kier molecular flexibility index (Phi) is 5.86. The van der Waals surface area contributed by atoms with E-state index in [0.29, 0.717) is 18.2 Å². The quantitative estimate of drug-likeness (QED) is 0.908. The summed E-state index contributed by atoms with van der Waals surface area (Å²) in [5.74, 6) is 1.02. The van der Waals surface area contributed by atoms with Crippen LogP contribution < -0.4 is 10.6 Å². The Morgan fingerprint density at radius 1 is 1.41 bits per heavy atom. The molecule has 0 saturated carbocycles. The van der Waals surface area contributed by atoms with Crippen LogP contribution in [0.4, 0.5) is 0 Å². The van der Waals surface area contributed by atoms with Crippen LogP contribution in [-0.2, 0) is 0 Å². The van der Waals surface area contributed by atoms with Gasteiger partial charge in [-0.1, -0.05) is 18.2 Å². The van der Waals surface area contributed by atoms with Crippen LogP contribution in [-0.4, -0.2) is 25.5 Å². The van der Waals surface area contributed by atoms with Gasteiger partial charge in [0.15, 0.2) is 5.76 Å². The molecule has 0 bridgehead atoms. The predicted octanol–water partition coefficient (Wildman–Crippen LogP) is 3.28. The van der Waals surface area contributed by atoms with Gasteiger partial charge in [-0.25, -0.2) is 0 Å². The Balaban J connectivity index is 0.00000176. The maximum Gasteiger partial charge on any atom is 0.287 e.